The summed E-state index contributed by atoms with van der Waals surface area (Å²) in [6.45, 7) is 0.443. The minimum absolute atomic E-state index is 0.0342. The molecule has 0 fully saturated rings. The van der Waals surface area contributed by atoms with Crippen LogP contribution in [0.25, 0.3) is 0 Å². The molecular weight excluding hydrogens is 397 g/mol. The average Bonchev–Trinajstić information content (AvgIpc) is 2.80. The highest BCUT2D eigenvalue weighted by Gasteiger charge is 2.11. The highest BCUT2D eigenvalue weighted by atomic mass is 19.1. The Kier molecular flexibility index (Phi) is 7.59. The molecule has 3 N–H and O–H groups in total. The van der Waals surface area contributed by atoms with Gasteiger partial charge >= 0.3 is 0 Å². The van der Waals surface area contributed by atoms with Crippen LogP contribution in [-0.4, -0.2) is 32.0 Å². The van der Waals surface area contributed by atoms with Gasteiger partial charge in [-0.2, -0.15) is 0 Å². The highest BCUT2D eigenvalue weighted by Crippen LogP contribution is 2.15. The predicted octanol–water partition coefficient (Wildman–Crippen LogP) is 3.86. The van der Waals surface area contributed by atoms with Crippen molar-refractivity contribution in [3.8, 4) is 5.75 Å². The van der Waals surface area contributed by atoms with Crippen molar-refractivity contribution >= 4 is 23.2 Å². The molecule has 0 aliphatic carbocycles. The summed E-state index contributed by atoms with van der Waals surface area (Å²) in [5.74, 6) is -0.115. The summed E-state index contributed by atoms with van der Waals surface area (Å²) in [5.41, 5.74) is 2.59. The molecule has 3 rings (SSSR count). The van der Waals surface area contributed by atoms with Gasteiger partial charge in [0.1, 0.15) is 11.6 Å². The number of benzene rings is 3. The average molecular weight is 421 g/mol. The molecule has 3 aromatic rings. The number of carbonyl (C=O) groups excluding carboxylic acids is 2. The third kappa shape index (κ3) is 6.57. The molecular formula is C24H24FN3O3. The van der Waals surface area contributed by atoms with Gasteiger partial charge in [0.15, 0.2) is 0 Å². The van der Waals surface area contributed by atoms with Crippen molar-refractivity contribution in [2.24, 2.45) is 0 Å². The van der Waals surface area contributed by atoms with Gasteiger partial charge in [0.2, 0.25) is 5.91 Å². The van der Waals surface area contributed by atoms with E-state index >= 15 is 0 Å². The van der Waals surface area contributed by atoms with Gasteiger partial charge in [-0.1, -0.05) is 24.3 Å². The van der Waals surface area contributed by atoms with Gasteiger partial charge in [-0.3, -0.25) is 9.59 Å². The molecule has 0 heterocycles. The Hall–Kier alpha value is -3.87. The lowest BCUT2D eigenvalue weighted by Crippen LogP contribution is -2.28. The molecule has 0 atom stereocenters. The van der Waals surface area contributed by atoms with Crippen molar-refractivity contribution in [2.75, 3.05) is 30.8 Å². The monoisotopic (exact) mass is 421 g/mol. The molecule has 0 bridgehead atoms. The molecule has 2 amide bonds. The zero-order valence-corrected chi connectivity index (χ0v) is 17.2. The topological polar surface area (TPSA) is 79.5 Å². The van der Waals surface area contributed by atoms with E-state index in [2.05, 4.69) is 16.0 Å². The largest absolute Gasteiger partial charge is 0.497 e. The fraction of sp³-hybridized carbons (Fsp3) is 0.167. The van der Waals surface area contributed by atoms with Crippen LogP contribution in [0.15, 0.2) is 72.8 Å². The summed E-state index contributed by atoms with van der Waals surface area (Å²) < 4.78 is 18.1. The molecule has 0 radical (unpaired) electrons. The summed E-state index contributed by atoms with van der Waals surface area (Å²) in [6.07, 6.45) is 0.686. The maximum absolute atomic E-state index is 13.0. The van der Waals surface area contributed by atoms with Crippen LogP contribution in [0.1, 0.15) is 15.9 Å². The van der Waals surface area contributed by atoms with Crippen LogP contribution in [0, 0.1) is 5.82 Å². The lowest BCUT2D eigenvalue weighted by atomic mass is 10.1. The zero-order chi connectivity index (χ0) is 22.1. The van der Waals surface area contributed by atoms with Crippen LogP contribution in [0.5, 0.6) is 5.75 Å². The van der Waals surface area contributed by atoms with Crippen LogP contribution in [0.4, 0.5) is 15.8 Å². The molecule has 0 aromatic heterocycles. The first-order valence-electron chi connectivity index (χ1n) is 9.84. The minimum atomic E-state index is -0.372. The molecule has 31 heavy (non-hydrogen) atoms. The smallest absolute Gasteiger partial charge is 0.253 e. The molecule has 0 saturated carbocycles. The normalized spacial score (nSPS) is 10.3. The van der Waals surface area contributed by atoms with Crippen LogP contribution >= 0.6 is 0 Å². The third-order valence-electron chi connectivity index (χ3n) is 4.60. The lowest BCUT2D eigenvalue weighted by Gasteiger charge is -2.12. The van der Waals surface area contributed by atoms with Crippen molar-refractivity contribution in [1.29, 1.82) is 0 Å². The molecule has 0 saturated heterocycles. The van der Waals surface area contributed by atoms with Gasteiger partial charge in [0.25, 0.3) is 5.91 Å². The van der Waals surface area contributed by atoms with Crippen LogP contribution in [0.3, 0.4) is 0 Å². The second-order valence-corrected chi connectivity index (χ2v) is 6.81. The molecule has 6 nitrogen and oxygen atoms in total. The fourth-order valence-electron chi connectivity index (χ4n) is 2.96. The van der Waals surface area contributed by atoms with Crippen LogP contribution < -0.4 is 20.7 Å². The fourth-order valence-corrected chi connectivity index (χ4v) is 2.96. The first kappa shape index (κ1) is 21.8. The molecule has 0 spiro atoms. The predicted molar refractivity (Wildman–Crippen MR) is 119 cm³/mol. The Balaban J connectivity index is 1.51. The zero-order valence-electron chi connectivity index (χ0n) is 17.2. The van der Waals surface area contributed by atoms with Crippen LogP contribution in [-0.2, 0) is 11.2 Å². The quantitative estimate of drug-likeness (QED) is 0.490. The van der Waals surface area contributed by atoms with Gasteiger partial charge in [0, 0.05) is 17.9 Å². The number of carbonyl (C=O) groups is 2. The Morgan fingerprint density at radius 2 is 1.65 bits per heavy atom. The molecule has 0 aliphatic heterocycles. The molecule has 0 aliphatic rings. The summed E-state index contributed by atoms with van der Waals surface area (Å²) in [7, 11) is 1.62. The van der Waals surface area contributed by atoms with Crippen molar-refractivity contribution in [3.63, 3.8) is 0 Å². The number of nitrogens with one attached hydrogen (secondary N) is 3. The summed E-state index contributed by atoms with van der Waals surface area (Å²) in [6, 6.07) is 20.2. The van der Waals surface area contributed by atoms with Crippen molar-refractivity contribution in [3.05, 3.63) is 89.7 Å². The number of hydrogen-bond acceptors (Lipinski definition) is 4. The first-order chi connectivity index (χ1) is 15.0. The second-order valence-electron chi connectivity index (χ2n) is 6.81. The first-order valence-corrected chi connectivity index (χ1v) is 9.84. The number of rotatable bonds is 9. The second kappa shape index (κ2) is 10.8. The van der Waals surface area contributed by atoms with E-state index in [0.717, 1.165) is 11.3 Å². The Morgan fingerprint density at radius 3 is 2.35 bits per heavy atom. The van der Waals surface area contributed by atoms with E-state index < -0.39 is 0 Å². The molecule has 0 unspecified atom stereocenters. The van der Waals surface area contributed by atoms with Gasteiger partial charge in [-0.15, -0.1) is 0 Å². The number of amides is 2. The SMILES string of the molecule is COc1ccc(CCNC(=O)c2ccccc2NCC(=O)Nc2ccc(F)cc2)cc1. The van der Waals surface area contributed by atoms with E-state index in [1.165, 1.54) is 24.3 Å². The van der Waals surface area contributed by atoms with Crippen molar-refractivity contribution < 1.29 is 18.7 Å². The van der Waals surface area contributed by atoms with E-state index in [4.69, 9.17) is 4.74 Å². The molecule has 3 aromatic carbocycles. The van der Waals surface area contributed by atoms with Gasteiger partial charge < -0.3 is 20.7 Å². The molecule has 7 heteroatoms. The summed E-state index contributed by atoms with van der Waals surface area (Å²) in [5, 5.41) is 8.56. The highest BCUT2D eigenvalue weighted by molar-refractivity contribution is 6.00. The van der Waals surface area contributed by atoms with Crippen LogP contribution in [0.2, 0.25) is 0 Å². The molecule has 160 valence electrons. The number of methoxy groups -OCH3 is 1. The van der Waals surface area contributed by atoms with Crippen molar-refractivity contribution in [1.82, 2.24) is 5.32 Å². The van der Waals surface area contributed by atoms with E-state index in [1.54, 1.807) is 31.4 Å². The Morgan fingerprint density at radius 1 is 0.935 bits per heavy atom. The van der Waals surface area contributed by atoms with Crippen molar-refractivity contribution in [2.45, 2.75) is 6.42 Å². The lowest BCUT2D eigenvalue weighted by molar-refractivity contribution is -0.114. The number of ether oxygens (including phenoxy) is 1. The summed E-state index contributed by atoms with van der Waals surface area (Å²) >= 11 is 0. The Labute approximate surface area is 180 Å². The maximum Gasteiger partial charge on any atom is 0.253 e. The summed E-state index contributed by atoms with van der Waals surface area (Å²) in [4.78, 5) is 24.8. The number of anilines is 2. The van der Waals surface area contributed by atoms with E-state index in [0.29, 0.717) is 29.9 Å². The third-order valence-corrected chi connectivity index (χ3v) is 4.60. The number of halogens is 1. The standard InChI is InChI=1S/C24H24FN3O3/c1-31-20-12-6-17(7-13-20)14-15-26-24(30)21-4-2-3-5-22(21)27-16-23(29)28-19-10-8-18(25)9-11-19/h2-13,27H,14-16H2,1H3,(H,26,30)(H,28,29). The van der Waals surface area contributed by atoms with E-state index in [9.17, 15) is 14.0 Å². The van der Waals surface area contributed by atoms with E-state index in [-0.39, 0.29) is 24.2 Å². The number of para-hydroxylation sites is 1. The van der Waals surface area contributed by atoms with Gasteiger partial charge in [-0.05, 0) is 60.5 Å². The van der Waals surface area contributed by atoms with E-state index in [1.807, 2.05) is 24.3 Å². The minimum Gasteiger partial charge on any atom is -0.497 e. The van der Waals surface area contributed by atoms with Gasteiger partial charge in [0.05, 0.1) is 19.2 Å². The Bertz CT molecular complexity index is 1020. The number of hydrogen-bond donors (Lipinski definition) is 3. The maximum atomic E-state index is 13.0. The van der Waals surface area contributed by atoms with Gasteiger partial charge in [-0.25, -0.2) is 4.39 Å².